The number of rotatable bonds is 12. The van der Waals surface area contributed by atoms with E-state index in [-0.39, 0.29) is 17.6 Å². The zero-order valence-corrected chi connectivity index (χ0v) is 20.0. The van der Waals surface area contributed by atoms with Gasteiger partial charge in [-0.25, -0.2) is 0 Å². The molecule has 7 heteroatoms. The van der Waals surface area contributed by atoms with E-state index in [1.807, 2.05) is 62.4 Å². The van der Waals surface area contributed by atoms with E-state index >= 15 is 0 Å². The lowest BCUT2D eigenvalue weighted by Crippen LogP contribution is -2.49. The van der Waals surface area contributed by atoms with Crippen LogP contribution < -0.4 is 10.1 Å². The van der Waals surface area contributed by atoms with Gasteiger partial charge in [0.05, 0.1) is 12.9 Å². The predicted molar refractivity (Wildman–Crippen MR) is 129 cm³/mol. The van der Waals surface area contributed by atoms with Crippen LogP contribution in [0.2, 0.25) is 5.02 Å². The number of thioether (sulfide) groups is 1. The molecule has 2 rings (SSSR count). The zero-order valence-electron chi connectivity index (χ0n) is 18.4. The third kappa shape index (κ3) is 7.78. The summed E-state index contributed by atoms with van der Waals surface area (Å²) in [5.74, 6) is 1.45. The monoisotopic (exact) mass is 462 g/mol. The Bertz CT molecular complexity index is 862. The molecule has 0 heterocycles. The van der Waals surface area contributed by atoms with Gasteiger partial charge in [0.2, 0.25) is 11.8 Å². The number of carbonyl (C=O) groups excluding carboxylic acids is 2. The van der Waals surface area contributed by atoms with Crippen molar-refractivity contribution < 1.29 is 14.3 Å². The van der Waals surface area contributed by atoms with Crippen LogP contribution in [0.25, 0.3) is 0 Å². The van der Waals surface area contributed by atoms with Crippen LogP contribution in [0.1, 0.15) is 37.8 Å². The van der Waals surface area contributed by atoms with Crippen LogP contribution in [-0.2, 0) is 21.9 Å². The molecule has 0 aromatic heterocycles. The smallest absolute Gasteiger partial charge is 0.242 e. The first-order chi connectivity index (χ1) is 15.0. The largest absolute Gasteiger partial charge is 0.497 e. The minimum Gasteiger partial charge on any atom is -0.497 e. The second-order valence-electron chi connectivity index (χ2n) is 7.17. The van der Waals surface area contributed by atoms with Gasteiger partial charge in [0.1, 0.15) is 11.8 Å². The van der Waals surface area contributed by atoms with E-state index in [9.17, 15) is 9.59 Å². The summed E-state index contributed by atoms with van der Waals surface area (Å²) in [6, 6.07) is 14.7. The second-order valence-corrected chi connectivity index (χ2v) is 8.57. The summed E-state index contributed by atoms with van der Waals surface area (Å²) in [6.07, 6.45) is 1.39. The standard InChI is InChI=1S/C24H31ClN2O3S/c1-4-13-26-24(29)22(5-2)27(15-18-9-8-11-20(14-18)30-3)23(28)17-31-16-19-10-6-7-12-21(19)25/h6-12,14,22H,4-5,13,15-17H2,1-3H3,(H,26,29). The highest BCUT2D eigenvalue weighted by molar-refractivity contribution is 7.99. The van der Waals surface area contributed by atoms with Gasteiger partial charge in [0.15, 0.2) is 0 Å². The van der Waals surface area contributed by atoms with Crippen LogP contribution in [0.5, 0.6) is 5.75 Å². The van der Waals surface area contributed by atoms with Gasteiger partial charge in [-0.3, -0.25) is 9.59 Å². The summed E-state index contributed by atoms with van der Waals surface area (Å²) >= 11 is 7.73. The van der Waals surface area contributed by atoms with Crippen molar-refractivity contribution in [2.45, 2.75) is 45.0 Å². The Morgan fingerprint density at radius 3 is 2.61 bits per heavy atom. The van der Waals surface area contributed by atoms with Gasteiger partial charge in [-0.15, -0.1) is 11.8 Å². The van der Waals surface area contributed by atoms with Crippen LogP contribution in [0.4, 0.5) is 0 Å². The molecule has 2 aromatic rings. The van der Waals surface area contributed by atoms with Gasteiger partial charge in [0.25, 0.3) is 0 Å². The lowest BCUT2D eigenvalue weighted by atomic mass is 10.1. The molecule has 31 heavy (non-hydrogen) atoms. The molecule has 1 atom stereocenters. The van der Waals surface area contributed by atoms with Gasteiger partial charge in [-0.1, -0.05) is 55.8 Å². The van der Waals surface area contributed by atoms with Crippen molar-refractivity contribution in [1.29, 1.82) is 0 Å². The van der Waals surface area contributed by atoms with Crippen molar-refractivity contribution >= 4 is 35.2 Å². The van der Waals surface area contributed by atoms with Gasteiger partial charge in [0, 0.05) is 23.9 Å². The molecule has 5 nitrogen and oxygen atoms in total. The van der Waals surface area contributed by atoms with E-state index in [0.717, 1.165) is 23.3 Å². The van der Waals surface area contributed by atoms with Crippen LogP contribution in [0.15, 0.2) is 48.5 Å². The molecule has 0 bridgehead atoms. The van der Waals surface area contributed by atoms with Crippen molar-refractivity contribution in [2.75, 3.05) is 19.4 Å². The van der Waals surface area contributed by atoms with Crippen molar-refractivity contribution in [3.8, 4) is 5.75 Å². The van der Waals surface area contributed by atoms with Crippen molar-refractivity contribution in [2.24, 2.45) is 0 Å². The fraction of sp³-hybridized carbons (Fsp3) is 0.417. The number of hydrogen-bond acceptors (Lipinski definition) is 4. The van der Waals surface area contributed by atoms with E-state index < -0.39 is 6.04 Å². The first kappa shape index (κ1) is 25.1. The fourth-order valence-electron chi connectivity index (χ4n) is 3.20. The average molecular weight is 463 g/mol. The Morgan fingerprint density at radius 1 is 1.16 bits per heavy atom. The van der Waals surface area contributed by atoms with Crippen LogP contribution >= 0.6 is 23.4 Å². The van der Waals surface area contributed by atoms with Crippen LogP contribution in [-0.4, -0.2) is 42.2 Å². The molecule has 0 fully saturated rings. The summed E-state index contributed by atoms with van der Waals surface area (Å²) in [6.45, 7) is 4.88. The molecule has 0 saturated heterocycles. The van der Waals surface area contributed by atoms with E-state index in [4.69, 9.17) is 16.3 Å². The molecule has 0 aliphatic carbocycles. The number of hydrogen-bond donors (Lipinski definition) is 1. The Morgan fingerprint density at radius 2 is 1.94 bits per heavy atom. The first-order valence-corrected chi connectivity index (χ1v) is 12.0. The quantitative estimate of drug-likeness (QED) is 0.486. The SMILES string of the molecule is CCCNC(=O)C(CC)N(Cc1cccc(OC)c1)C(=O)CSCc1ccccc1Cl. The second kappa shape index (κ2) is 13.3. The molecule has 1 N–H and O–H groups in total. The number of amides is 2. The zero-order chi connectivity index (χ0) is 22.6. The van der Waals surface area contributed by atoms with Gasteiger partial charge >= 0.3 is 0 Å². The number of nitrogens with zero attached hydrogens (tertiary/aromatic N) is 1. The maximum atomic E-state index is 13.2. The summed E-state index contributed by atoms with van der Waals surface area (Å²) in [5, 5.41) is 3.63. The third-order valence-electron chi connectivity index (χ3n) is 4.86. The molecule has 0 radical (unpaired) electrons. The summed E-state index contributed by atoms with van der Waals surface area (Å²) in [5.41, 5.74) is 1.92. The molecule has 0 spiro atoms. The predicted octanol–water partition coefficient (Wildman–Crippen LogP) is 4.92. The number of halogens is 1. The van der Waals surface area contributed by atoms with Gasteiger partial charge in [-0.2, -0.15) is 0 Å². The Labute approximate surface area is 194 Å². The molecule has 0 aliphatic rings. The molecule has 0 saturated carbocycles. The molecular weight excluding hydrogens is 432 g/mol. The molecule has 2 amide bonds. The minimum atomic E-state index is -0.522. The molecule has 2 aromatic carbocycles. The van der Waals surface area contributed by atoms with E-state index in [1.165, 1.54) is 11.8 Å². The Balaban J connectivity index is 2.15. The lowest BCUT2D eigenvalue weighted by Gasteiger charge is -2.30. The highest BCUT2D eigenvalue weighted by atomic mass is 35.5. The van der Waals surface area contributed by atoms with Crippen LogP contribution in [0.3, 0.4) is 0 Å². The average Bonchev–Trinajstić information content (AvgIpc) is 2.78. The molecular formula is C24H31ClN2O3S. The maximum absolute atomic E-state index is 13.2. The number of ether oxygens (including phenoxy) is 1. The van der Waals surface area contributed by atoms with Crippen LogP contribution in [0, 0.1) is 0 Å². The van der Waals surface area contributed by atoms with Crippen molar-refractivity contribution in [3.05, 3.63) is 64.7 Å². The Hall–Kier alpha value is -2.18. The van der Waals surface area contributed by atoms with Crippen molar-refractivity contribution in [1.82, 2.24) is 10.2 Å². The number of nitrogens with one attached hydrogen (secondary N) is 1. The molecule has 168 valence electrons. The normalized spacial score (nSPS) is 11.6. The fourth-order valence-corrected chi connectivity index (χ4v) is 4.40. The van der Waals surface area contributed by atoms with E-state index in [1.54, 1.807) is 12.0 Å². The highest BCUT2D eigenvalue weighted by Crippen LogP contribution is 2.22. The Kier molecular flexibility index (Phi) is 10.7. The summed E-state index contributed by atoms with van der Waals surface area (Å²) in [7, 11) is 1.61. The summed E-state index contributed by atoms with van der Waals surface area (Å²) < 4.78 is 5.31. The topological polar surface area (TPSA) is 58.6 Å². The number of carbonyl (C=O) groups is 2. The number of methoxy groups -OCH3 is 1. The molecule has 1 unspecified atom stereocenters. The van der Waals surface area contributed by atoms with Crippen molar-refractivity contribution in [3.63, 3.8) is 0 Å². The van der Waals surface area contributed by atoms with Gasteiger partial charge < -0.3 is 15.0 Å². The number of benzene rings is 2. The van der Waals surface area contributed by atoms with E-state index in [2.05, 4.69) is 5.32 Å². The lowest BCUT2D eigenvalue weighted by molar-refractivity contribution is -0.139. The summed E-state index contributed by atoms with van der Waals surface area (Å²) in [4.78, 5) is 27.7. The molecule has 0 aliphatic heterocycles. The third-order valence-corrected chi connectivity index (χ3v) is 6.20. The minimum absolute atomic E-state index is 0.0710. The van der Waals surface area contributed by atoms with Gasteiger partial charge in [-0.05, 0) is 42.2 Å². The first-order valence-electron chi connectivity index (χ1n) is 10.5. The highest BCUT2D eigenvalue weighted by Gasteiger charge is 2.28. The maximum Gasteiger partial charge on any atom is 0.242 e. The van der Waals surface area contributed by atoms with E-state index in [0.29, 0.717) is 30.3 Å².